The fraction of sp³-hybridized carbons (Fsp3) is 0.667. The molecule has 0 saturated heterocycles. The van der Waals surface area contributed by atoms with E-state index in [2.05, 4.69) is 49.0 Å². The molecule has 1 atom stereocenters. The van der Waals surface area contributed by atoms with Gasteiger partial charge in [0.25, 0.3) is 0 Å². The molecule has 0 saturated carbocycles. The lowest BCUT2D eigenvalue weighted by Gasteiger charge is -2.31. The minimum Gasteiger partial charge on any atom is -0.337 e. The molecule has 23 heavy (non-hydrogen) atoms. The Morgan fingerprint density at radius 1 is 1.35 bits per heavy atom. The topological polar surface area (TPSA) is 48.5 Å². The molecule has 5 heteroatoms. The Labute approximate surface area is 141 Å². The van der Waals surface area contributed by atoms with Gasteiger partial charge in [-0.1, -0.05) is 19.9 Å². The van der Waals surface area contributed by atoms with Gasteiger partial charge < -0.3 is 15.1 Å². The van der Waals surface area contributed by atoms with Crippen LogP contribution in [-0.4, -0.2) is 61.1 Å². The number of carbonyl (C=O) groups is 1. The highest BCUT2D eigenvalue weighted by atomic mass is 16.2. The summed E-state index contributed by atoms with van der Waals surface area (Å²) in [4.78, 5) is 20.7. The average Bonchev–Trinajstić information content (AvgIpc) is 2.45. The Morgan fingerprint density at radius 2 is 2.00 bits per heavy atom. The van der Waals surface area contributed by atoms with E-state index in [0.29, 0.717) is 6.54 Å². The van der Waals surface area contributed by atoms with E-state index in [-0.39, 0.29) is 17.5 Å². The van der Waals surface area contributed by atoms with Gasteiger partial charge in [0, 0.05) is 44.5 Å². The van der Waals surface area contributed by atoms with Gasteiger partial charge in [-0.2, -0.15) is 0 Å². The van der Waals surface area contributed by atoms with E-state index in [4.69, 9.17) is 0 Å². The highest BCUT2D eigenvalue weighted by molar-refractivity contribution is 5.74. The molecule has 0 aliphatic heterocycles. The second-order valence-electron chi connectivity index (χ2n) is 7.49. The van der Waals surface area contributed by atoms with Crippen molar-refractivity contribution in [1.29, 1.82) is 0 Å². The summed E-state index contributed by atoms with van der Waals surface area (Å²) >= 11 is 0. The molecule has 1 aromatic heterocycles. The maximum absolute atomic E-state index is 12.4. The van der Waals surface area contributed by atoms with Crippen LogP contribution in [0.2, 0.25) is 0 Å². The van der Waals surface area contributed by atoms with Crippen molar-refractivity contribution in [2.45, 2.75) is 40.2 Å². The number of aromatic nitrogens is 1. The van der Waals surface area contributed by atoms with Crippen LogP contribution in [0.25, 0.3) is 0 Å². The summed E-state index contributed by atoms with van der Waals surface area (Å²) < 4.78 is 0. The first-order valence-electron chi connectivity index (χ1n) is 8.18. The molecule has 0 aliphatic carbocycles. The van der Waals surface area contributed by atoms with E-state index < -0.39 is 0 Å². The van der Waals surface area contributed by atoms with Crippen molar-refractivity contribution in [2.75, 3.05) is 34.2 Å². The fourth-order valence-corrected chi connectivity index (χ4v) is 2.70. The molecular formula is C18H32N4O. The van der Waals surface area contributed by atoms with Crippen LogP contribution in [0, 0.1) is 12.3 Å². The van der Waals surface area contributed by atoms with Crippen molar-refractivity contribution in [1.82, 2.24) is 20.1 Å². The lowest BCUT2D eigenvalue weighted by atomic mass is 9.93. The number of hydrogen-bond donors (Lipinski definition) is 1. The Balaban J connectivity index is 2.54. The molecule has 2 amide bonds. The summed E-state index contributed by atoms with van der Waals surface area (Å²) in [6.45, 7) is 10.0. The second kappa shape index (κ2) is 8.29. The molecule has 130 valence electrons. The Kier molecular flexibility index (Phi) is 7.01. The van der Waals surface area contributed by atoms with Crippen molar-refractivity contribution < 1.29 is 4.79 Å². The van der Waals surface area contributed by atoms with Crippen LogP contribution in [0.4, 0.5) is 4.79 Å². The molecule has 0 spiro atoms. The lowest BCUT2D eigenvalue weighted by Crippen LogP contribution is -2.47. The standard InChI is InChI=1S/C18H32N4O/c1-14-9-8-10-19-16(14)11-15(2)22(7)17(23)20-12-18(3,4)13-21(5)6/h8-10,15H,11-13H2,1-7H3,(H,20,23). The van der Waals surface area contributed by atoms with Gasteiger partial charge in [0.05, 0.1) is 0 Å². The van der Waals surface area contributed by atoms with E-state index in [1.165, 1.54) is 5.56 Å². The monoisotopic (exact) mass is 320 g/mol. The number of amides is 2. The van der Waals surface area contributed by atoms with Gasteiger partial charge in [-0.25, -0.2) is 4.79 Å². The summed E-state index contributed by atoms with van der Waals surface area (Å²) in [5, 5.41) is 3.05. The number of nitrogens with one attached hydrogen (secondary N) is 1. The maximum Gasteiger partial charge on any atom is 0.317 e. The number of aryl methyl sites for hydroxylation is 1. The van der Waals surface area contributed by atoms with Crippen LogP contribution < -0.4 is 5.32 Å². The smallest absolute Gasteiger partial charge is 0.317 e. The van der Waals surface area contributed by atoms with Crippen molar-refractivity contribution in [3.8, 4) is 0 Å². The van der Waals surface area contributed by atoms with Gasteiger partial charge in [0.15, 0.2) is 0 Å². The molecule has 0 aromatic carbocycles. The van der Waals surface area contributed by atoms with E-state index in [0.717, 1.165) is 18.7 Å². The van der Waals surface area contributed by atoms with Crippen molar-refractivity contribution >= 4 is 6.03 Å². The fourth-order valence-electron chi connectivity index (χ4n) is 2.70. The van der Waals surface area contributed by atoms with E-state index >= 15 is 0 Å². The number of pyridine rings is 1. The number of rotatable bonds is 7. The molecule has 1 unspecified atom stereocenters. The summed E-state index contributed by atoms with van der Waals surface area (Å²) in [5.74, 6) is 0. The van der Waals surface area contributed by atoms with Gasteiger partial charge in [-0.15, -0.1) is 0 Å². The predicted molar refractivity (Wildman–Crippen MR) is 95.6 cm³/mol. The predicted octanol–water partition coefficient (Wildman–Crippen LogP) is 2.55. The molecule has 0 fully saturated rings. The Hall–Kier alpha value is -1.62. The molecule has 1 N–H and O–H groups in total. The summed E-state index contributed by atoms with van der Waals surface area (Å²) in [7, 11) is 5.94. The minimum atomic E-state index is -0.0297. The third-order valence-corrected chi connectivity index (χ3v) is 4.05. The second-order valence-corrected chi connectivity index (χ2v) is 7.49. The third-order valence-electron chi connectivity index (χ3n) is 4.05. The van der Waals surface area contributed by atoms with Crippen LogP contribution in [0.1, 0.15) is 32.0 Å². The molecule has 5 nitrogen and oxygen atoms in total. The summed E-state index contributed by atoms with van der Waals surface area (Å²) in [5.41, 5.74) is 2.26. The van der Waals surface area contributed by atoms with Gasteiger partial charge in [-0.05, 0) is 45.0 Å². The molecule has 1 rings (SSSR count). The molecule has 0 radical (unpaired) electrons. The van der Waals surface area contributed by atoms with Gasteiger partial charge in [0.1, 0.15) is 0 Å². The Morgan fingerprint density at radius 3 is 2.57 bits per heavy atom. The number of carbonyl (C=O) groups excluding carboxylic acids is 1. The van der Waals surface area contributed by atoms with Crippen LogP contribution >= 0.6 is 0 Å². The van der Waals surface area contributed by atoms with Crippen LogP contribution in [-0.2, 0) is 6.42 Å². The number of urea groups is 1. The molecule has 1 heterocycles. The average molecular weight is 320 g/mol. The van der Waals surface area contributed by atoms with Crippen molar-refractivity contribution in [3.63, 3.8) is 0 Å². The first-order chi connectivity index (χ1) is 10.6. The van der Waals surface area contributed by atoms with Crippen LogP contribution in [0.5, 0.6) is 0 Å². The highest BCUT2D eigenvalue weighted by Crippen LogP contribution is 2.15. The zero-order valence-corrected chi connectivity index (χ0v) is 15.7. The van der Waals surface area contributed by atoms with Crippen LogP contribution in [0.3, 0.4) is 0 Å². The number of nitrogens with zero attached hydrogens (tertiary/aromatic N) is 3. The van der Waals surface area contributed by atoms with E-state index in [9.17, 15) is 4.79 Å². The number of likely N-dealkylation sites (N-methyl/N-ethyl adjacent to an activating group) is 1. The van der Waals surface area contributed by atoms with Crippen molar-refractivity contribution in [2.24, 2.45) is 5.41 Å². The quantitative estimate of drug-likeness (QED) is 0.840. The first kappa shape index (κ1) is 19.4. The molecule has 0 aliphatic rings. The Bertz CT molecular complexity index is 513. The summed E-state index contributed by atoms with van der Waals surface area (Å²) in [6.07, 6.45) is 2.57. The van der Waals surface area contributed by atoms with Crippen LogP contribution in [0.15, 0.2) is 18.3 Å². The zero-order chi connectivity index (χ0) is 17.6. The molecular weight excluding hydrogens is 288 g/mol. The van der Waals surface area contributed by atoms with E-state index in [1.54, 1.807) is 11.1 Å². The number of hydrogen-bond acceptors (Lipinski definition) is 3. The highest BCUT2D eigenvalue weighted by Gasteiger charge is 2.22. The summed E-state index contributed by atoms with van der Waals surface area (Å²) in [6, 6.07) is 4.06. The SMILES string of the molecule is Cc1cccnc1CC(C)N(C)C(=O)NCC(C)(C)CN(C)C. The normalized spacial score (nSPS) is 13.0. The largest absolute Gasteiger partial charge is 0.337 e. The lowest BCUT2D eigenvalue weighted by molar-refractivity contribution is 0.180. The maximum atomic E-state index is 12.4. The molecule has 1 aromatic rings. The first-order valence-corrected chi connectivity index (χ1v) is 8.18. The third kappa shape index (κ3) is 6.57. The van der Waals surface area contributed by atoms with Gasteiger partial charge in [0.2, 0.25) is 0 Å². The van der Waals surface area contributed by atoms with E-state index in [1.807, 2.05) is 27.2 Å². The van der Waals surface area contributed by atoms with Gasteiger partial charge >= 0.3 is 6.03 Å². The van der Waals surface area contributed by atoms with Crippen molar-refractivity contribution in [3.05, 3.63) is 29.6 Å². The zero-order valence-electron chi connectivity index (χ0n) is 15.7. The van der Waals surface area contributed by atoms with Gasteiger partial charge in [-0.3, -0.25) is 4.98 Å². The minimum absolute atomic E-state index is 0.0297. The molecule has 0 bridgehead atoms.